The van der Waals surface area contributed by atoms with Crippen LogP contribution in [-0.4, -0.2) is 0 Å². The summed E-state index contributed by atoms with van der Waals surface area (Å²) < 4.78 is 0. The zero-order chi connectivity index (χ0) is 8.85. The van der Waals surface area contributed by atoms with Crippen molar-refractivity contribution in [1.82, 2.24) is 0 Å². The number of allylic oxidation sites excluding steroid dienone is 5. The molecule has 0 aliphatic rings. The van der Waals surface area contributed by atoms with Gasteiger partial charge in [0.2, 0.25) is 0 Å². The smallest absolute Gasteiger partial charge is 0.0305 e. The van der Waals surface area contributed by atoms with Gasteiger partial charge in [-0.1, -0.05) is 50.0 Å². The second kappa shape index (κ2) is 4.73. The monoisotopic (exact) mass is 148 g/mol. The molecule has 0 heteroatoms. The van der Waals surface area contributed by atoms with E-state index in [0.717, 1.165) is 23.1 Å². The Balaban J connectivity index is 4.04. The Kier molecular flexibility index (Phi) is 4.28. The van der Waals surface area contributed by atoms with Gasteiger partial charge in [-0.25, -0.2) is 0 Å². The largest absolute Gasteiger partial charge is 0.0958 e. The molecule has 0 saturated carbocycles. The van der Waals surface area contributed by atoms with Crippen molar-refractivity contribution >= 4 is 0 Å². The quantitative estimate of drug-likeness (QED) is 0.534. The SMILES string of the molecule is C=C(/C=C\C(=C)C(=C)C)CC. The number of rotatable bonds is 4. The summed E-state index contributed by atoms with van der Waals surface area (Å²) in [5.74, 6) is 0. The Morgan fingerprint density at radius 1 is 1.18 bits per heavy atom. The molecule has 0 aliphatic carbocycles. The number of hydrogen-bond donors (Lipinski definition) is 0. The van der Waals surface area contributed by atoms with E-state index >= 15 is 0 Å². The van der Waals surface area contributed by atoms with Gasteiger partial charge in [-0.15, -0.1) is 0 Å². The predicted molar refractivity (Wildman–Crippen MR) is 52.5 cm³/mol. The zero-order valence-corrected chi connectivity index (χ0v) is 7.48. The molecular formula is C11H16. The van der Waals surface area contributed by atoms with Crippen LogP contribution in [0.15, 0.2) is 48.6 Å². The van der Waals surface area contributed by atoms with Gasteiger partial charge >= 0.3 is 0 Å². The summed E-state index contributed by atoms with van der Waals surface area (Å²) in [5.41, 5.74) is 3.09. The summed E-state index contributed by atoms with van der Waals surface area (Å²) in [6, 6.07) is 0. The highest BCUT2D eigenvalue weighted by atomic mass is 13.9. The molecule has 0 bridgehead atoms. The third kappa shape index (κ3) is 4.38. The topological polar surface area (TPSA) is 0 Å². The Hall–Kier alpha value is -1.04. The molecule has 0 amide bonds. The van der Waals surface area contributed by atoms with E-state index in [0.29, 0.717) is 0 Å². The first-order valence-corrected chi connectivity index (χ1v) is 3.78. The van der Waals surface area contributed by atoms with E-state index in [1.807, 2.05) is 19.1 Å². The van der Waals surface area contributed by atoms with Gasteiger partial charge in [0, 0.05) is 0 Å². The molecule has 0 aromatic carbocycles. The van der Waals surface area contributed by atoms with Gasteiger partial charge in [-0.2, -0.15) is 0 Å². The second-order valence-electron chi connectivity index (χ2n) is 2.65. The highest BCUT2D eigenvalue weighted by Crippen LogP contribution is 2.07. The first-order chi connectivity index (χ1) is 5.07. The summed E-state index contributed by atoms with van der Waals surface area (Å²) in [7, 11) is 0. The lowest BCUT2D eigenvalue weighted by Crippen LogP contribution is -1.76. The maximum Gasteiger partial charge on any atom is -0.0305 e. The van der Waals surface area contributed by atoms with Crippen LogP contribution in [0, 0.1) is 0 Å². The van der Waals surface area contributed by atoms with Crippen molar-refractivity contribution < 1.29 is 0 Å². The molecule has 0 heterocycles. The van der Waals surface area contributed by atoms with Crippen LogP contribution >= 0.6 is 0 Å². The highest BCUT2D eigenvalue weighted by Gasteiger charge is 1.87. The summed E-state index contributed by atoms with van der Waals surface area (Å²) >= 11 is 0. The van der Waals surface area contributed by atoms with Gasteiger partial charge in [0.15, 0.2) is 0 Å². The Labute approximate surface area is 69.6 Å². The summed E-state index contributed by atoms with van der Waals surface area (Å²) in [6.45, 7) is 15.5. The minimum absolute atomic E-state index is 0.972. The first-order valence-electron chi connectivity index (χ1n) is 3.78. The van der Waals surface area contributed by atoms with E-state index in [2.05, 4.69) is 26.7 Å². The van der Waals surface area contributed by atoms with E-state index in [1.54, 1.807) is 0 Å². The zero-order valence-electron chi connectivity index (χ0n) is 7.48. The van der Waals surface area contributed by atoms with E-state index in [4.69, 9.17) is 0 Å². The number of hydrogen-bond acceptors (Lipinski definition) is 0. The van der Waals surface area contributed by atoms with Crippen LogP contribution in [0.5, 0.6) is 0 Å². The third-order valence-electron chi connectivity index (χ3n) is 1.52. The molecule has 0 N–H and O–H groups in total. The minimum Gasteiger partial charge on any atom is -0.0958 e. The summed E-state index contributed by atoms with van der Waals surface area (Å²) in [5, 5.41) is 0. The molecule has 0 saturated heterocycles. The van der Waals surface area contributed by atoms with Crippen LogP contribution in [0.25, 0.3) is 0 Å². The lowest BCUT2D eigenvalue weighted by molar-refractivity contribution is 1.16. The van der Waals surface area contributed by atoms with Gasteiger partial charge in [0.05, 0.1) is 0 Å². The Morgan fingerprint density at radius 2 is 1.73 bits per heavy atom. The van der Waals surface area contributed by atoms with Crippen LogP contribution in [-0.2, 0) is 0 Å². The van der Waals surface area contributed by atoms with Crippen LogP contribution in [0.2, 0.25) is 0 Å². The van der Waals surface area contributed by atoms with E-state index in [-0.39, 0.29) is 0 Å². The molecule has 0 fully saturated rings. The molecule has 0 aromatic rings. The van der Waals surface area contributed by atoms with E-state index < -0.39 is 0 Å². The van der Waals surface area contributed by atoms with Crippen molar-refractivity contribution in [3.63, 3.8) is 0 Å². The van der Waals surface area contributed by atoms with Crippen LogP contribution < -0.4 is 0 Å². The average Bonchev–Trinajstić information content (AvgIpc) is 1.99. The second-order valence-corrected chi connectivity index (χ2v) is 2.65. The van der Waals surface area contributed by atoms with Crippen molar-refractivity contribution in [2.24, 2.45) is 0 Å². The summed E-state index contributed by atoms with van der Waals surface area (Å²) in [4.78, 5) is 0. The van der Waals surface area contributed by atoms with Crippen molar-refractivity contribution in [2.45, 2.75) is 20.3 Å². The molecule has 0 radical (unpaired) electrons. The predicted octanol–water partition coefficient (Wildman–Crippen LogP) is 3.64. The van der Waals surface area contributed by atoms with Gasteiger partial charge in [-0.05, 0) is 18.9 Å². The molecule has 0 rings (SSSR count). The standard InChI is InChI=1S/C11H16/c1-6-10(4)7-8-11(5)9(2)3/h7-8H,2,4-6H2,1,3H3/b8-7-. The molecular weight excluding hydrogens is 132 g/mol. The maximum absolute atomic E-state index is 3.85. The normalized spacial score (nSPS) is 10.0. The minimum atomic E-state index is 0.972. The van der Waals surface area contributed by atoms with Crippen LogP contribution in [0.3, 0.4) is 0 Å². The van der Waals surface area contributed by atoms with Crippen LogP contribution in [0.4, 0.5) is 0 Å². The Morgan fingerprint density at radius 3 is 2.09 bits per heavy atom. The molecule has 0 atom stereocenters. The molecule has 0 aromatic heterocycles. The fraction of sp³-hybridized carbons (Fsp3) is 0.273. The van der Waals surface area contributed by atoms with E-state index in [1.165, 1.54) is 0 Å². The fourth-order valence-corrected chi connectivity index (χ4v) is 0.479. The van der Waals surface area contributed by atoms with Gasteiger partial charge in [0.25, 0.3) is 0 Å². The highest BCUT2D eigenvalue weighted by molar-refractivity contribution is 5.36. The first kappa shape index (κ1) is 9.96. The van der Waals surface area contributed by atoms with E-state index in [9.17, 15) is 0 Å². The van der Waals surface area contributed by atoms with Crippen molar-refractivity contribution in [3.05, 3.63) is 48.6 Å². The van der Waals surface area contributed by atoms with Crippen molar-refractivity contribution in [2.75, 3.05) is 0 Å². The van der Waals surface area contributed by atoms with Crippen molar-refractivity contribution in [3.8, 4) is 0 Å². The van der Waals surface area contributed by atoms with Gasteiger partial charge in [0.1, 0.15) is 0 Å². The third-order valence-corrected chi connectivity index (χ3v) is 1.52. The van der Waals surface area contributed by atoms with Gasteiger partial charge < -0.3 is 0 Å². The summed E-state index contributed by atoms with van der Waals surface area (Å²) in [6.07, 6.45) is 4.92. The average molecular weight is 148 g/mol. The lowest BCUT2D eigenvalue weighted by Gasteiger charge is -1.96. The molecule has 60 valence electrons. The molecule has 0 unspecified atom stereocenters. The lowest BCUT2D eigenvalue weighted by atomic mass is 10.1. The molecule has 11 heavy (non-hydrogen) atoms. The fourth-order valence-electron chi connectivity index (χ4n) is 0.479. The van der Waals surface area contributed by atoms with Crippen LogP contribution in [0.1, 0.15) is 20.3 Å². The molecule has 0 nitrogen and oxygen atoms in total. The molecule has 0 spiro atoms. The van der Waals surface area contributed by atoms with Gasteiger partial charge in [-0.3, -0.25) is 0 Å². The molecule has 0 aliphatic heterocycles. The maximum atomic E-state index is 3.85. The Bertz CT molecular complexity index is 204. The van der Waals surface area contributed by atoms with Crippen molar-refractivity contribution in [1.29, 1.82) is 0 Å².